The maximum absolute atomic E-state index is 12.8. The van der Waals surface area contributed by atoms with Crippen LogP contribution in [0, 0.1) is 0 Å². The summed E-state index contributed by atoms with van der Waals surface area (Å²) in [5.41, 5.74) is 0.883. The molecule has 5 nitrogen and oxygen atoms in total. The molecule has 2 aromatic rings. The molecule has 1 fully saturated rings. The Morgan fingerprint density at radius 2 is 2.30 bits per heavy atom. The second-order valence-corrected chi connectivity index (χ2v) is 6.84. The van der Waals surface area contributed by atoms with E-state index in [9.17, 15) is 4.79 Å². The average molecular weight is 330 g/mol. The number of hydrogen-bond donors (Lipinski definition) is 2. The number of amides is 2. The smallest absolute Gasteiger partial charge is 0.322 e. The van der Waals surface area contributed by atoms with Crippen LogP contribution in [0.4, 0.5) is 10.5 Å². The van der Waals surface area contributed by atoms with Gasteiger partial charge in [0.2, 0.25) is 0 Å². The molecule has 1 aliphatic rings. The first-order valence-corrected chi connectivity index (χ1v) is 9.07. The highest BCUT2D eigenvalue weighted by molar-refractivity contribution is 7.99. The molecule has 1 aliphatic heterocycles. The van der Waals surface area contributed by atoms with E-state index in [1.807, 2.05) is 35.4 Å². The van der Waals surface area contributed by atoms with E-state index in [4.69, 9.17) is 0 Å². The van der Waals surface area contributed by atoms with Crippen molar-refractivity contribution >= 4 is 23.5 Å². The standard InChI is InChI=1S/C17H22N4OS/c1-2-23-15-9-4-3-7-13(15)20-17(22)21-12-6-5-8-14(21)16-18-10-11-19-16/h3-4,7,9-11,14H,2,5-6,8,12H2,1H3,(H,18,19)(H,20,22). The number of nitrogens with zero attached hydrogens (tertiary/aromatic N) is 2. The molecule has 0 spiro atoms. The second-order valence-electron chi connectivity index (χ2n) is 5.54. The molecule has 23 heavy (non-hydrogen) atoms. The number of carbonyl (C=O) groups is 1. The minimum absolute atomic E-state index is 0.0322. The minimum Gasteiger partial charge on any atom is -0.347 e. The number of anilines is 1. The van der Waals surface area contributed by atoms with Crippen molar-refractivity contribution in [1.82, 2.24) is 14.9 Å². The molecule has 0 radical (unpaired) electrons. The van der Waals surface area contributed by atoms with Gasteiger partial charge in [0.1, 0.15) is 5.82 Å². The predicted octanol–water partition coefficient (Wildman–Crippen LogP) is 4.28. The third kappa shape index (κ3) is 3.69. The topological polar surface area (TPSA) is 61.0 Å². The Morgan fingerprint density at radius 1 is 1.43 bits per heavy atom. The van der Waals surface area contributed by atoms with Crippen LogP contribution in [-0.4, -0.2) is 33.2 Å². The third-order valence-electron chi connectivity index (χ3n) is 4.03. The van der Waals surface area contributed by atoms with E-state index in [1.165, 1.54) is 0 Å². The van der Waals surface area contributed by atoms with Crippen LogP contribution in [0.15, 0.2) is 41.6 Å². The lowest BCUT2D eigenvalue weighted by molar-refractivity contribution is 0.160. The number of imidazole rings is 1. The molecule has 1 aromatic heterocycles. The van der Waals surface area contributed by atoms with Crippen LogP contribution in [0.2, 0.25) is 0 Å². The zero-order valence-electron chi connectivity index (χ0n) is 13.3. The van der Waals surface area contributed by atoms with Crippen LogP contribution in [-0.2, 0) is 0 Å². The van der Waals surface area contributed by atoms with E-state index in [0.717, 1.165) is 48.0 Å². The maximum atomic E-state index is 12.8. The number of para-hydroxylation sites is 1. The monoisotopic (exact) mass is 330 g/mol. The molecule has 1 aromatic carbocycles. The van der Waals surface area contributed by atoms with E-state index < -0.39 is 0 Å². The van der Waals surface area contributed by atoms with Gasteiger partial charge in [-0.15, -0.1) is 11.8 Å². The summed E-state index contributed by atoms with van der Waals surface area (Å²) in [5.74, 6) is 1.85. The molecule has 0 aliphatic carbocycles. The highest BCUT2D eigenvalue weighted by Crippen LogP contribution is 2.31. The number of nitrogens with one attached hydrogen (secondary N) is 2. The highest BCUT2D eigenvalue weighted by atomic mass is 32.2. The maximum Gasteiger partial charge on any atom is 0.322 e. The Morgan fingerprint density at radius 3 is 3.09 bits per heavy atom. The Kier molecular flexibility index (Phi) is 5.23. The van der Waals surface area contributed by atoms with Gasteiger partial charge in [-0.1, -0.05) is 19.1 Å². The molecule has 1 unspecified atom stereocenters. The largest absolute Gasteiger partial charge is 0.347 e. The van der Waals surface area contributed by atoms with Crippen molar-refractivity contribution in [3.63, 3.8) is 0 Å². The minimum atomic E-state index is -0.0461. The fourth-order valence-corrected chi connectivity index (χ4v) is 3.72. The van der Waals surface area contributed by atoms with E-state index >= 15 is 0 Å². The van der Waals surface area contributed by atoms with E-state index in [0.29, 0.717) is 0 Å². The number of thioether (sulfide) groups is 1. The SMILES string of the molecule is CCSc1ccccc1NC(=O)N1CCCCC1c1ncc[nH]1. The number of aromatic amines is 1. The molecule has 2 amide bonds. The first-order chi connectivity index (χ1) is 11.3. The number of hydrogen-bond acceptors (Lipinski definition) is 3. The first-order valence-electron chi connectivity index (χ1n) is 8.08. The second kappa shape index (κ2) is 7.55. The van der Waals surface area contributed by atoms with Gasteiger partial charge in [-0.05, 0) is 37.1 Å². The molecule has 3 rings (SSSR count). The van der Waals surface area contributed by atoms with Gasteiger partial charge >= 0.3 is 6.03 Å². The average Bonchev–Trinajstić information content (AvgIpc) is 3.11. The molecule has 2 heterocycles. The lowest BCUT2D eigenvalue weighted by atomic mass is 10.0. The quantitative estimate of drug-likeness (QED) is 0.823. The van der Waals surface area contributed by atoms with Crippen molar-refractivity contribution in [2.75, 3.05) is 17.6 Å². The van der Waals surface area contributed by atoms with Crippen molar-refractivity contribution in [1.29, 1.82) is 0 Å². The number of likely N-dealkylation sites (tertiary alicyclic amines) is 1. The number of piperidine rings is 1. The summed E-state index contributed by atoms with van der Waals surface area (Å²) >= 11 is 1.74. The summed E-state index contributed by atoms with van der Waals surface area (Å²) in [4.78, 5) is 23.3. The van der Waals surface area contributed by atoms with Crippen LogP contribution in [0.25, 0.3) is 0 Å². The number of benzene rings is 1. The van der Waals surface area contributed by atoms with E-state index in [2.05, 4.69) is 22.2 Å². The zero-order valence-corrected chi connectivity index (χ0v) is 14.1. The van der Waals surface area contributed by atoms with Gasteiger partial charge in [0.25, 0.3) is 0 Å². The van der Waals surface area contributed by atoms with Crippen molar-refractivity contribution in [2.24, 2.45) is 0 Å². The number of carbonyl (C=O) groups excluding carboxylic acids is 1. The highest BCUT2D eigenvalue weighted by Gasteiger charge is 2.29. The van der Waals surface area contributed by atoms with Gasteiger partial charge in [-0.25, -0.2) is 9.78 Å². The van der Waals surface area contributed by atoms with E-state index in [-0.39, 0.29) is 12.1 Å². The fraction of sp³-hybridized carbons (Fsp3) is 0.412. The molecule has 122 valence electrons. The molecule has 0 saturated carbocycles. The number of aromatic nitrogens is 2. The lowest BCUT2D eigenvalue weighted by Crippen LogP contribution is -2.41. The first kappa shape index (κ1) is 15.9. The summed E-state index contributed by atoms with van der Waals surface area (Å²) in [6.45, 7) is 2.88. The van der Waals surface area contributed by atoms with Gasteiger partial charge in [-0.3, -0.25) is 0 Å². The van der Waals surface area contributed by atoms with Crippen molar-refractivity contribution in [3.8, 4) is 0 Å². The predicted molar refractivity (Wildman–Crippen MR) is 93.7 cm³/mol. The van der Waals surface area contributed by atoms with Gasteiger partial charge < -0.3 is 15.2 Å². The van der Waals surface area contributed by atoms with Crippen LogP contribution in [0.3, 0.4) is 0 Å². The van der Waals surface area contributed by atoms with Crippen LogP contribution >= 0.6 is 11.8 Å². The lowest BCUT2D eigenvalue weighted by Gasteiger charge is -2.34. The van der Waals surface area contributed by atoms with Gasteiger partial charge in [-0.2, -0.15) is 0 Å². The van der Waals surface area contributed by atoms with Gasteiger partial charge in [0.15, 0.2) is 0 Å². The van der Waals surface area contributed by atoms with Gasteiger partial charge in [0, 0.05) is 23.8 Å². The molecular weight excluding hydrogens is 308 g/mol. The molecule has 1 saturated heterocycles. The third-order valence-corrected chi connectivity index (χ3v) is 4.98. The Bertz CT molecular complexity index is 644. The van der Waals surface area contributed by atoms with Gasteiger partial charge in [0.05, 0.1) is 11.7 Å². The van der Waals surface area contributed by atoms with Crippen LogP contribution < -0.4 is 5.32 Å². The fourth-order valence-electron chi connectivity index (χ4n) is 2.96. The van der Waals surface area contributed by atoms with Crippen molar-refractivity contribution < 1.29 is 4.79 Å². The summed E-state index contributed by atoms with van der Waals surface area (Å²) in [6.07, 6.45) is 6.67. The summed E-state index contributed by atoms with van der Waals surface area (Å²) in [7, 11) is 0. The number of urea groups is 1. The summed E-state index contributed by atoms with van der Waals surface area (Å²) in [5, 5.41) is 3.08. The number of rotatable bonds is 4. The molecule has 1 atom stereocenters. The molecule has 2 N–H and O–H groups in total. The zero-order chi connectivity index (χ0) is 16.1. The molecule has 6 heteroatoms. The van der Waals surface area contributed by atoms with Crippen molar-refractivity contribution in [3.05, 3.63) is 42.5 Å². The Hall–Kier alpha value is -1.95. The molecular formula is C17H22N4OS. The summed E-state index contributed by atoms with van der Waals surface area (Å²) in [6, 6.07) is 7.95. The van der Waals surface area contributed by atoms with Crippen molar-refractivity contribution in [2.45, 2.75) is 37.1 Å². The van der Waals surface area contributed by atoms with Crippen LogP contribution in [0.1, 0.15) is 38.1 Å². The van der Waals surface area contributed by atoms with Crippen LogP contribution in [0.5, 0.6) is 0 Å². The number of H-pyrrole nitrogens is 1. The Balaban J connectivity index is 1.76. The normalized spacial score (nSPS) is 18.0. The summed E-state index contributed by atoms with van der Waals surface area (Å²) < 4.78 is 0. The Labute approximate surface area is 140 Å². The molecule has 0 bridgehead atoms. The van der Waals surface area contributed by atoms with E-state index in [1.54, 1.807) is 18.0 Å².